The molecule has 0 aromatic rings. The lowest BCUT2D eigenvalue weighted by molar-refractivity contribution is -0.138. The van der Waals surface area contributed by atoms with Gasteiger partial charge in [-0.3, -0.25) is 14.4 Å². The summed E-state index contributed by atoms with van der Waals surface area (Å²) in [5.41, 5.74) is 1.19. The van der Waals surface area contributed by atoms with Crippen LogP contribution in [0, 0.1) is 17.8 Å². The fourth-order valence-electron chi connectivity index (χ4n) is 6.55. The molecule has 9 nitrogen and oxygen atoms in total. The third-order valence-electron chi connectivity index (χ3n) is 8.55. The van der Waals surface area contributed by atoms with E-state index in [9.17, 15) is 14.4 Å². The van der Waals surface area contributed by atoms with Gasteiger partial charge in [-0.15, -0.1) is 0 Å². The van der Waals surface area contributed by atoms with Crippen molar-refractivity contribution in [2.24, 2.45) is 17.8 Å². The topological polar surface area (TPSA) is 88.6 Å². The van der Waals surface area contributed by atoms with E-state index in [1.54, 1.807) is 0 Å². The molecule has 3 amide bonds. The Morgan fingerprint density at radius 3 is 1.48 bits per heavy atom. The molecule has 0 radical (unpaired) electrons. The fourth-order valence-corrected chi connectivity index (χ4v) is 6.55. The van der Waals surface area contributed by atoms with Crippen molar-refractivity contribution < 1.29 is 28.6 Å². The molecule has 0 aliphatic carbocycles. The Bertz CT molecular complexity index is 981. The first kappa shape index (κ1) is 34.0. The quantitative estimate of drug-likeness (QED) is 0.304. The van der Waals surface area contributed by atoms with E-state index in [1.165, 1.54) is 6.08 Å². The molecule has 3 saturated heterocycles. The molecule has 0 spiro atoms. The van der Waals surface area contributed by atoms with Crippen molar-refractivity contribution in [2.45, 2.75) is 77.9 Å². The van der Waals surface area contributed by atoms with Gasteiger partial charge >= 0.3 is 0 Å². The van der Waals surface area contributed by atoms with E-state index in [0.29, 0.717) is 89.2 Å². The van der Waals surface area contributed by atoms with Gasteiger partial charge in [-0.2, -0.15) is 0 Å². The second-order valence-corrected chi connectivity index (χ2v) is 12.8. The third kappa shape index (κ3) is 9.51. The van der Waals surface area contributed by atoms with Gasteiger partial charge in [0.25, 0.3) is 0 Å². The molecule has 0 saturated carbocycles. The van der Waals surface area contributed by atoms with Crippen molar-refractivity contribution in [1.29, 1.82) is 0 Å². The van der Waals surface area contributed by atoms with Crippen LogP contribution in [-0.2, 0) is 28.6 Å². The van der Waals surface area contributed by atoms with Crippen LogP contribution in [0.2, 0.25) is 0 Å². The highest BCUT2D eigenvalue weighted by Crippen LogP contribution is 2.27. The number of amides is 3. The van der Waals surface area contributed by atoms with Crippen molar-refractivity contribution in [3.8, 4) is 0 Å². The number of hydrogen-bond donors (Lipinski definition) is 0. The van der Waals surface area contributed by atoms with E-state index >= 15 is 0 Å². The zero-order chi connectivity index (χ0) is 30.8. The summed E-state index contributed by atoms with van der Waals surface area (Å²) in [6.07, 6.45) is 4.83. The summed E-state index contributed by atoms with van der Waals surface area (Å²) >= 11 is 0. The summed E-state index contributed by atoms with van der Waals surface area (Å²) in [5, 5.41) is 0. The van der Waals surface area contributed by atoms with Crippen molar-refractivity contribution in [1.82, 2.24) is 14.7 Å². The molecule has 3 aliphatic rings. The average Bonchev–Trinajstić information content (AvgIpc) is 2.96. The highest BCUT2D eigenvalue weighted by atomic mass is 16.5. The molecule has 42 heavy (non-hydrogen) atoms. The van der Waals surface area contributed by atoms with Gasteiger partial charge < -0.3 is 28.9 Å². The lowest BCUT2D eigenvalue weighted by Gasteiger charge is -2.39. The largest absolute Gasteiger partial charge is 0.377 e. The molecule has 3 aliphatic heterocycles. The Morgan fingerprint density at radius 2 is 1.07 bits per heavy atom. The van der Waals surface area contributed by atoms with Crippen LogP contribution in [0.25, 0.3) is 0 Å². The maximum absolute atomic E-state index is 13.6. The molecule has 9 heteroatoms. The Kier molecular flexibility index (Phi) is 13.3. The number of ether oxygens (including phenoxy) is 3. The molecule has 5 atom stereocenters. The summed E-state index contributed by atoms with van der Waals surface area (Å²) in [4.78, 5) is 44.9. The molecule has 3 fully saturated rings. The number of nitrogens with zero attached hydrogens (tertiary/aromatic N) is 3. The van der Waals surface area contributed by atoms with Gasteiger partial charge in [0.1, 0.15) is 0 Å². The van der Waals surface area contributed by atoms with Crippen molar-refractivity contribution >= 4 is 17.7 Å². The molecule has 236 valence electrons. The molecule has 0 unspecified atom stereocenters. The van der Waals surface area contributed by atoms with Gasteiger partial charge in [0.2, 0.25) is 17.7 Å². The van der Waals surface area contributed by atoms with Crippen LogP contribution < -0.4 is 0 Å². The van der Waals surface area contributed by atoms with Crippen LogP contribution in [0.1, 0.15) is 59.8 Å². The van der Waals surface area contributed by atoms with E-state index in [0.717, 1.165) is 19.3 Å². The van der Waals surface area contributed by atoms with Crippen LogP contribution in [0.4, 0.5) is 0 Å². The van der Waals surface area contributed by atoms with E-state index in [1.807, 2.05) is 14.7 Å². The molecule has 0 aromatic carbocycles. The summed E-state index contributed by atoms with van der Waals surface area (Å²) in [7, 11) is 0. The number of carbonyl (C=O) groups is 3. The first-order chi connectivity index (χ1) is 20.0. The minimum atomic E-state index is -0.0830. The first-order valence-corrected chi connectivity index (χ1v) is 15.6. The monoisotopic (exact) mass is 587 g/mol. The van der Waals surface area contributed by atoms with Crippen molar-refractivity contribution in [3.05, 3.63) is 37.0 Å². The first-order valence-electron chi connectivity index (χ1n) is 15.6. The summed E-state index contributed by atoms with van der Waals surface area (Å²) in [6.45, 7) is 25.3. The molecule has 3 heterocycles. The van der Waals surface area contributed by atoms with Crippen molar-refractivity contribution in [3.63, 3.8) is 0 Å². The van der Waals surface area contributed by atoms with Gasteiger partial charge in [0.05, 0.1) is 57.8 Å². The SMILES string of the molecule is C=CC(=O)N1CCOC[C@H]1C[C@@H](C)CC(=C)C(=O)N1CCOC[C@@H]1C[C@@H](C)CC(=C)C(=O)N1CCOC[C@@H]1CC(C)C. The minimum Gasteiger partial charge on any atom is -0.377 e. The average molecular weight is 588 g/mol. The molecule has 0 N–H and O–H groups in total. The van der Waals surface area contributed by atoms with E-state index in [4.69, 9.17) is 14.2 Å². The Labute approximate surface area is 252 Å². The maximum Gasteiger partial charge on any atom is 0.249 e. The second kappa shape index (κ2) is 16.4. The Morgan fingerprint density at radius 1 is 0.690 bits per heavy atom. The van der Waals surface area contributed by atoms with Crippen LogP contribution in [-0.4, -0.2) is 110 Å². The minimum absolute atomic E-state index is 0.0164. The zero-order valence-electron chi connectivity index (χ0n) is 26.4. The fraction of sp³-hybridized carbons (Fsp3) is 0.727. The Balaban J connectivity index is 1.53. The molecular weight excluding hydrogens is 534 g/mol. The van der Waals surface area contributed by atoms with E-state index in [2.05, 4.69) is 47.4 Å². The van der Waals surface area contributed by atoms with Gasteiger partial charge in [0.15, 0.2) is 0 Å². The second-order valence-electron chi connectivity index (χ2n) is 12.8. The normalized spacial score (nSPS) is 24.7. The highest BCUT2D eigenvalue weighted by Gasteiger charge is 2.33. The summed E-state index contributed by atoms with van der Waals surface area (Å²) < 4.78 is 17.1. The third-order valence-corrected chi connectivity index (χ3v) is 8.55. The predicted octanol–water partition coefficient (Wildman–Crippen LogP) is 3.85. The van der Waals surface area contributed by atoms with E-state index < -0.39 is 0 Å². The van der Waals surface area contributed by atoms with Gasteiger partial charge in [-0.25, -0.2) is 0 Å². The molecule has 0 aromatic heterocycles. The number of hydrogen-bond acceptors (Lipinski definition) is 6. The molecule has 0 bridgehead atoms. The molecular formula is C33H53N3O6. The van der Waals surface area contributed by atoms with Gasteiger partial charge in [-0.1, -0.05) is 47.4 Å². The smallest absolute Gasteiger partial charge is 0.249 e. The van der Waals surface area contributed by atoms with Crippen LogP contribution in [0.3, 0.4) is 0 Å². The van der Waals surface area contributed by atoms with Crippen molar-refractivity contribution in [2.75, 3.05) is 59.3 Å². The van der Waals surface area contributed by atoms with Crippen LogP contribution in [0.15, 0.2) is 37.0 Å². The lowest BCUT2D eigenvalue weighted by Crippen LogP contribution is -2.50. The highest BCUT2D eigenvalue weighted by molar-refractivity contribution is 5.93. The van der Waals surface area contributed by atoms with E-state index in [-0.39, 0.29) is 47.7 Å². The van der Waals surface area contributed by atoms with Gasteiger partial charge in [-0.05, 0) is 55.9 Å². The number of morpholine rings is 3. The number of rotatable bonds is 13. The van der Waals surface area contributed by atoms with Crippen LogP contribution in [0.5, 0.6) is 0 Å². The predicted molar refractivity (Wildman–Crippen MR) is 164 cm³/mol. The Hall–Kier alpha value is -2.49. The maximum atomic E-state index is 13.6. The zero-order valence-corrected chi connectivity index (χ0v) is 26.4. The number of carbonyl (C=O) groups excluding carboxylic acids is 3. The lowest BCUT2D eigenvalue weighted by atomic mass is 9.91. The summed E-state index contributed by atoms with van der Waals surface area (Å²) in [6, 6.07) is -0.0310. The summed E-state index contributed by atoms with van der Waals surface area (Å²) in [5.74, 6) is 0.675. The molecule has 3 rings (SSSR count). The standard InChI is InChI=1S/C33H53N3O6/c1-8-31(37)34-9-12-40-21-29(34)18-24(4)16-27(7)33(39)36-11-14-42-22-30(36)19-25(5)17-26(6)32(38)35-10-13-41-20-28(35)15-23(2)3/h8,23-25,28-30H,1,6-7,9-22H2,2-5H3/t24-,25-,28-,29+,30-/m0/s1. The van der Waals surface area contributed by atoms with Crippen LogP contribution >= 0.6 is 0 Å². The van der Waals surface area contributed by atoms with Gasteiger partial charge in [0, 0.05) is 30.8 Å².